The third kappa shape index (κ3) is 2.06. The second kappa shape index (κ2) is 4.25. The van der Waals surface area contributed by atoms with Gasteiger partial charge in [0.15, 0.2) is 5.82 Å². The Bertz CT molecular complexity index is 519. The first-order chi connectivity index (χ1) is 8.33. The van der Waals surface area contributed by atoms with Gasteiger partial charge in [0.05, 0.1) is 5.56 Å². The molecule has 1 aromatic carbocycles. The van der Waals surface area contributed by atoms with Gasteiger partial charge in [0.2, 0.25) is 0 Å². The van der Waals surface area contributed by atoms with Gasteiger partial charge >= 0.3 is 0 Å². The van der Waals surface area contributed by atoms with E-state index in [4.69, 9.17) is 0 Å². The van der Waals surface area contributed by atoms with Crippen LogP contribution in [0.5, 0.6) is 0 Å². The van der Waals surface area contributed by atoms with Gasteiger partial charge in [-0.25, -0.2) is 9.37 Å². The van der Waals surface area contributed by atoms with Crippen molar-refractivity contribution in [2.45, 2.75) is 6.42 Å². The molecule has 1 aliphatic rings. The van der Waals surface area contributed by atoms with Crippen LogP contribution in [0.3, 0.4) is 0 Å². The topological polar surface area (TPSA) is 53.6 Å². The van der Waals surface area contributed by atoms with E-state index in [1.807, 2.05) is 0 Å². The summed E-state index contributed by atoms with van der Waals surface area (Å²) in [5.41, 5.74) is 0.446. The standard InChI is InChI=1S/C12H13FN4/c13-10-4-2-1-3-9(10)12-15-11(16-17-12)5-8-6-14-7-8/h1-4,8,14H,5-7H2,(H,15,16,17). The lowest BCUT2D eigenvalue weighted by molar-refractivity contribution is 0.341. The van der Waals surface area contributed by atoms with Crippen molar-refractivity contribution in [2.75, 3.05) is 13.1 Å². The molecule has 3 rings (SSSR count). The molecule has 1 fully saturated rings. The van der Waals surface area contributed by atoms with Crippen LogP contribution in [0.25, 0.3) is 11.4 Å². The van der Waals surface area contributed by atoms with Crippen LogP contribution in [-0.2, 0) is 6.42 Å². The zero-order valence-electron chi connectivity index (χ0n) is 9.28. The SMILES string of the molecule is Fc1ccccc1-c1n[nH]c(CC2CNC2)n1. The number of aromatic amines is 1. The van der Waals surface area contributed by atoms with E-state index in [1.165, 1.54) is 6.07 Å². The predicted molar refractivity (Wildman–Crippen MR) is 61.8 cm³/mol. The summed E-state index contributed by atoms with van der Waals surface area (Å²) in [4.78, 5) is 4.33. The van der Waals surface area contributed by atoms with Gasteiger partial charge in [0.25, 0.3) is 0 Å². The van der Waals surface area contributed by atoms with Crippen molar-refractivity contribution < 1.29 is 4.39 Å². The molecule has 0 spiro atoms. The molecule has 88 valence electrons. The first-order valence-electron chi connectivity index (χ1n) is 5.70. The summed E-state index contributed by atoms with van der Waals surface area (Å²) >= 11 is 0. The Kier molecular flexibility index (Phi) is 2.60. The second-order valence-corrected chi connectivity index (χ2v) is 4.31. The lowest BCUT2D eigenvalue weighted by Crippen LogP contribution is -2.43. The van der Waals surface area contributed by atoms with Crippen molar-refractivity contribution in [3.63, 3.8) is 0 Å². The third-order valence-electron chi connectivity index (χ3n) is 2.99. The fourth-order valence-electron chi connectivity index (χ4n) is 1.92. The number of H-pyrrole nitrogens is 1. The molecule has 0 amide bonds. The molecule has 0 saturated carbocycles. The highest BCUT2D eigenvalue weighted by molar-refractivity contribution is 5.55. The molecule has 2 N–H and O–H groups in total. The molecule has 0 aliphatic carbocycles. The highest BCUT2D eigenvalue weighted by atomic mass is 19.1. The van der Waals surface area contributed by atoms with E-state index in [0.717, 1.165) is 25.3 Å². The molecule has 4 nitrogen and oxygen atoms in total. The van der Waals surface area contributed by atoms with Crippen molar-refractivity contribution >= 4 is 0 Å². The summed E-state index contributed by atoms with van der Waals surface area (Å²) in [6.07, 6.45) is 0.869. The average Bonchev–Trinajstić information content (AvgIpc) is 2.73. The van der Waals surface area contributed by atoms with Gasteiger partial charge in [-0.1, -0.05) is 12.1 Å². The number of aromatic nitrogens is 3. The van der Waals surface area contributed by atoms with Gasteiger partial charge < -0.3 is 5.32 Å². The van der Waals surface area contributed by atoms with Crippen molar-refractivity contribution in [1.29, 1.82) is 0 Å². The van der Waals surface area contributed by atoms with Gasteiger partial charge in [-0.3, -0.25) is 5.10 Å². The minimum atomic E-state index is -0.289. The summed E-state index contributed by atoms with van der Waals surface area (Å²) in [6, 6.07) is 6.55. The molecule has 17 heavy (non-hydrogen) atoms. The maximum Gasteiger partial charge on any atom is 0.184 e. The van der Waals surface area contributed by atoms with Crippen LogP contribution in [0.2, 0.25) is 0 Å². The highest BCUT2D eigenvalue weighted by Gasteiger charge is 2.19. The zero-order chi connectivity index (χ0) is 11.7. The number of benzene rings is 1. The van der Waals surface area contributed by atoms with Crippen LogP contribution >= 0.6 is 0 Å². The Labute approximate surface area is 98.3 Å². The maximum atomic E-state index is 13.5. The monoisotopic (exact) mass is 232 g/mol. The largest absolute Gasteiger partial charge is 0.316 e. The van der Waals surface area contributed by atoms with Crippen LogP contribution < -0.4 is 5.32 Å². The number of nitrogens with zero attached hydrogens (tertiary/aromatic N) is 2. The molecule has 2 aromatic rings. The van der Waals surface area contributed by atoms with Crippen LogP contribution in [0, 0.1) is 11.7 Å². The van der Waals surface area contributed by atoms with E-state index in [0.29, 0.717) is 17.3 Å². The number of hydrogen-bond acceptors (Lipinski definition) is 3. The lowest BCUT2D eigenvalue weighted by atomic mass is 9.99. The Morgan fingerprint density at radius 2 is 2.12 bits per heavy atom. The van der Waals surface area contributed by atoms with Crippen molar-refractivity contribution in [2.24, 2.45) is 5.92 Å². The Morgan fingerprint density at radius 3 is 2.82 bits per heavy atom. The summed E-state index contributed by atoms with van der Waals surface area (Å²) < 4.78 is 13.5. The van der Waals surface area contributed by atoms with Gasteiger partial charge in [-0.2, -0.15) is 5.10 Å². The van der Waals surface area contributed by atoms with Crippen molar-refractivity contribution in [3.8, 4) is 11.4 Å². The fraction of sp³-hybridized carbons (Fsp3) is 0.333. The van der Waals surface area contributed by atoms with Crippen LogP contribution in [0.4, 0.5) is 4.39 Å². The van der Waals surface area contributed by atoms with Crippen LogP contribution in [-0.4, -0.2) is 28.3 Å². The Hall–Kier alpha value is -1.75. The van der Waals surface area contributed by atoms with E-state index in [1.54, 1.807) is 18.2 Å². The molecule has 0 radical (unpaired) electrons. The Balaban J connectivity index is 1.82. The van der Waals surface area contributed by atoms with Gasteiger partial charge in [-0.15, -0.1) is 0 Å². The van der Waals surface area contributed by atoms with Crippen molar-refractivity contribution in [1.82, 2.24) is 20.5 Å². The molecular weight excluding hydrogens is 219 g/mol. The fourth-order valence-corrected chi connectivity index (χ4v) is 1.92. The second-order valence-electron chi connectivity index (χ2n) is 4.31. The quantitative estimate of drug-likeness (QED) is 0.840. The predicted octanol–water partition coefficient (Wildman–Crippen LogP) is 1.37. The molecule has 2 heterocycles. The molecule has 1 aromatic heterocycles. The maximum absolute atomic E-state index is 13.5. The number of hydrogen-bond donors (Lipinski definition) is 2. The summed E-state index contributed by atoms with van der Waals surface area (Å²) in [5.74, 6) is 1.60. The van der Waals surface area contributed by atoms with E-state index in [-0.39, 0.29) is 5.82 Å². The molecule has 5 heteroatoms. The molecule has 0 atom stereocenters. The number of rotatable bonds is 3. The van der Waals surface area contributed by atoms with E-state index in [9.17, 15) is 4.39 Å². The van der Waals surface area contributed by atoms with Gasteiger partial charge in [-0.05, 0) is 31.1 Å². The molecule has 1 aliphatic heterocycles. The van der Waals surface area contributed by atoms with Gasteiger partial charge in [0.1, 0.15) is 11.6 Å². The number of nitrogens with one attached hydrogen (secondary N) is 2. The van der Waals surface area contributed by atoms with Gasteiger partial charge in [0, 0.05) is 6.42 Å². The summed E-state index contributed by atoms with van der Waals surface area (Å²) in [6.45, 7) is 2.05. The minimum absolute atomic E-state index is 0.289. The smallest absolute Gasteiger partial charge is 0.184 e. The lowest BCUT2D eigenvalue weighted by Gasteiger charge is -2.25. The molecule has 1 saturated heterocycles. The number of halogens is 1. The van der Waals surface area contributed by atoms with E-state index in [2.05, 4.69) is 20.5 Å². The molecule has 0 bridgehead atoms. The Morgan fingerprint density at radius 1 is 1.29 bits per heavy atom. The summed E-state index contributed by atoms with van der Waals surface area (Å²) in [5, 5.41) is 10.1. The summed E-state index contributed by atoms with van der Waals surface area (Å²) in [7, 11) is 0. The molecule has 0 unspecified atom stereocenters. The first-order valence-corrected chi connectivity index (χ1v) is 5.70. The average molecular weight is 232 g/mol. The zero-order valence-corrected chi connectivity index (χ0v) is 9.28. The normalized spacial score (nSPS) is 15.8. The van der Waals surface area contributed by atoms with Crippen molar-refractivity contribution in [3.05, 3.63) is 35.9 Å². The molecular formula is C12H13FN4. The highest BCUT2D eigenvalue weighted by Crippen LogP contribution is 2.19. The van der Waals surface area contributed by atoms with Crippen LogP contribution in [0.1, 0.15) is 5.82 Å². The minimum Gasteiger partial charge on any atom is -0.316 e. The third-order valence-corrected chi connectivity index (χ3v) is 2.99. The van der Waals surface area contributed by atoms with Crippen LogP contribution in [0.15, 0.2) is 24.3 Å². The van der Waals surface area contributed by atoms with E-state index < -0.39 is 0 Å². The first kappa shape index (κ1) is 10.4. The van der Waals surface area contributed by atoms with E-state index >= 15 is 0 Å².